The maximum absolute atomic E-state index is 12.2. The van der Waals surface area contributed by atoms with E-state index in [9.17, 15) is 4.79 Å². The van der Waals surface area contributed by atoms with Crippen molar-refractivity contribution in [3.05, 3.63) is 69.5 Å². The van der Waals surface area contributed by atoms with Crippen molar-refractivity contribution in [2.75, 3.05) is 0 Å². The number of fused-ring (bicyclic) bond motifs is 1. The van der Waals surface area contributed by atoms with Crippen LogP contribution in [0.2, 0.25) is 5.02 Å². The fourth-order valence-electron chi connectivity index (χ4n) is 2.50. The van der Waals surface area contributed by atoms with Gasteiger partial charge in [-0.25, -0.2) is 0 Å². The van der Waals surface area contributed by atoms with E-state index in [2.05, 4.69) is 10.9 Å². The second kappa shape index (κ2) is 7.52. The van der Waals surface area contributed by atoms with E-state index < -0.39 is 0 Å². The van der Waals surface area contributed by atoms with Crippen LogP contribution in [0, 0.1) is 19.3 Å². The molecule has 0 fully saturated rings. The molecule has 0 saturated carbocycles. The predicted molar refractivity (Wildman–Crippen MR) is 104 cm³/mol. The van der Waals surface area contributed by atoms with Crippen LogP contribution in [0.25, 0.3) is 16.3 Å². The number of carbonyl (C=O) groups excluding carboxylic acids is 1. The topological polar surface area (TPSA) is 34.4 Å². The molecule has 5 heteroatoms. The van der Waals surface area contributed by atoms with Crippen LogP contribution < -0.4 is 4.80 Å². The summed E-state index contributed by atoms with van der Waals surface area (Å²) >= 11 is 7.65. The third-order valence-corrected chi connectivity index (χ3v) is 5.16. The first-order valence-corrected chi connectivity index (χ1v) is 8.83. The van der Waals surface area contributed by atoms with E-state index in [0.29, 0.717) is 16.4 Å². The van der Waals surface area contributed by atoms with Crippen molar-refractivity contribution in [1.82, 2.24) is 4.57 Å². The highest BCUT2D eigenvalue weighted by molar-refractivity contribution is 7.16. The van der Waals surface area contributed by atoms with Gasteiger partial charge in [0.25, 0.3) is 5.91 Å². The van der Waals surface area contributed by atoms with Crippen molar-refractivity contribution in [1.29, 1.82) is 0 Å². The van der Waals surface area contributed by atoms with E-state index in [1.54, 1.807) is 6.08 Å². The first-order chi connectivity index (χ1) is 12.1. The van der Waals surface area contributed by atoms with Gasteiger partial charge in [0.1, 0.15) is 0 Å². The quantitative estimate of drug-likeness (QED) is 0.498. The average Bonchev–Trinajstić information content (AvgIpc) is 2.96. The molecular weight excluding hydrogens is 352 g/mol. The zero-order chi connectivity index (χ0) is 17.8. The van der Waals surface area contributed by atoms with E-state index in [4.69, 9.17) is 18.0 Å². The molecule has 0 radical (unpaired) electrons. The SMILES string of the molecule is C#CCn1c(=NC(=O)/C=C/c2ccccc2)sc2ccc(Cl)c(C)c21. The summed E-state index contributed by atoms with van der Waals surface area (Å²) < 4.78 is 2.85. The molecule has 0 aliphatic rings. The molecule has 0 bridgehead atoms. The summed E-state index contributed by atoms with van der Waals surface area (Å²) in [4.78, 5) is 17.0. The lowest BCUT2D eigenvalue weighted by atomic mass is 10.2. The molecule has 3 rings (SSSR count). The Bertz CT molecular complexity index is 1070. The monoisotopic (exact) mass is 366 g/mol. The molecule has 3 aromatic rings. The number of hydrogen-bond acceptors (Lipinski definition) is 2. The molecule has 25 heavy (non-hydrogen) atoms. The predicted octanol–water partition coefficient (Wildman–Crippen LogP) is 4.44. The van der Waals surface area contributed by atoms with Gasteiger partial charge in [-0.3, -0.25) is 4.79 Å². The Balaban J connectivity index is 2.05. The zero-order valence-corrected chi connectivity index (χ0v) is 15.1. The highest BCUT2D eigenvalue weighted by atomic mass is 35.5. The fourth-order valence-corrected chi connectivity index (χ4v) is 3.75. The first kappa shape index (κ1) is 17.2. The number of aryl methyl sites for hydroxylation is 1. The van der Waals surface area contributed by atoms with Crippen molar-refractivity contribution in [3.63, 3.8) is 0 Å². The van der Waals surface area contributed by atoms with E-state index in [1.165, 1.54) is 17.4 Å². The number of thiazole rings is 1. The Kier molecular flexibility index (Phi) is 5.18. The molecule has 0 atom stereocenters. The van der Waals surface area contributed by atoms with Gasteiger partial charge in [-0.1, -0.05) is 59.2 Å². The highest BCUT2D eigenvalue weighted by Crippen LogP contribution is 2.27. The van der Waals surface area contributed by atoms with E-state index >= 15 is 0 Å². The van der Waals surface area contributed by atoms with Crippen molar-refractivity contribution in [2.24, 2.45) is 4.99 Å². The average molecular weight is 367 g/mol. The number of terminal acetylenes is 1. The van der Waals surface area contributed by atoms with Crippen LogP contribution in [0.1, 0.15) is 11.1 Å². The van der Waals surface area contributed by atoms with E-state index in [-0.39, 0.29) is 5.91 Å². The fraction of sp³-hybridized carbons (Fsp3) is 0.100. The molecule has 2 aromatic carbocycles. The Labute approximate surface area is 154 Å². The maximum Gasteiger partial charge on any atom is 0.272 e. The number of carbonyl (C=O) groups is 1. The second-order valence-electron chi connectivity index (χ2n) is 5.39. The summed E-state index contributed by atoms with van der Waals surface area (Å²) in [6.07, 6.45) is 8.69. The number of benzene rings is 2. The van der Waals surface area contributed by atoms with Crippen LogP contribution in [0.15, 0.2) is 53.5 Å². The molecule has 0 unspecified atom stereocenters. The highest BCUT2D eigenvalue weighted by Gasteiger charge is 2.11. The molecule has 1 amide bonds. The van der Waals surface area contributed by atoms with Gasteiger partial charge in [-0.2, -0.15) is 4.99 Å². The Hall–Kier alpha value is -2.61. The molecule has 0 saturated heterocycles. The molecule has 124 valence electrons. The van der Waals surface area contributed by atoms with Crippen LogP contribution in [0.5, 0.6) is 0 Å². The van der Waals surface area contributed by atoms with E-state index in [1.807, 2.05) is 54.0 Å². The number of aromatic nitrogens is 1. The summed E-state index contributed by atoms with van der Waals surface area (Å²) in [5.41, 5.74) is 2.80. The standard InChI is InChI=1S/C20H15ClN2OS/c1-3-13-23-19-14(2)16(21)10-11-17(19)25-20(23)22-18(24)12-9-15-7-5-4-6-8-15/h1,4-12H,13H2,2H3/b12-9+,22-20?. The molecule has 0 aliphatic carbocycles. The molecule has 0 spiro atoms. The van der Waals surface area contributed by atoms with Crippen LogP contribution in [0.4, 0.5) is 0 Å². The lowest BCUT2D eigenvalue weighted by Gasteiger charge is -2.04. The van der Waals surface area contributed by atoms with Crippen LogP contribution in [0.3, 0.4) is 0 Å². The molecule has 1 aromatic heterocycles. The number of halogens is 1. The summed E-state index contributed by atoms with van der Waals surface area (Å²) in [6.45, 7) is 2.26. The van der Waals surface area contributed by atoms with Crippen molar-refractivity contribution in [2.45, 2.75) is 13.5 Å². The third kappa shape index (κ3) is 3.74. The first-order valence-electron chi connectivity index (χ1n) is 7.64. The zero-order valence-electron chi connectivity index (χ0n) is 13.6. The second-order valence-corrected chi connectivity index (χ2v) is 6.80. The largest absolute Gasteiger partial charge is 0.304 e. The van der Waals surface area contributed by atoms with Gasteiger partial charge in [0.05, 0.1) is 16.8 Å². The van der Waals surface area contributed by atoms with Gasteiger partial charge < -0.3 is 4.57 Å². The van der Waals surface area contributed by atoms with Gasteiger partial charge in [0.15, 0.2) is 4.80 Å². The number of rotatable bonds is 3. The van der Waals surface area contributed by atoms with Crippen LogP contribution in [-0.4, -0.2) is 10.5 Å². The number of amides is 1. The minimum absolute atomic E-state index is 0.329. The smallest absolute Gasteiger partial charge is 0.272 e. The van der Waals surface area contributed by atoms with Crippen LogP contribution in [-0.2, 0) is 11.3 Å². The minimum Gasteiger partial charge on any atom is -0.304 e. The van der Waals surface area contributed by atoms with Crippen molar-refractivity contribution >= 4 is 45.1 Å². The molecule has 0 aliphatic heterocycles. The number of hydrogen-bond donors (Lipinski definition) is 0. The van der Waals surface area contributed by atoms with Crippen molar-refractivity contribution < 1.29 is 4.79 Å². The summed E-state index contributed by atoms with van der Waals surface area (Å²) in [5.74, 6) is 2.29. The van der Waals surface area contributed by atoms with E-state index in [0.717, 1.165) is 21.3 Å². The summed E-state index contributed by atoms with van der Waals surface area (Å²) in [7, 11) is 0. The Morgan fingerprint density at radius 3 is 2.80 bits per heavy atom. The number of nitrogens with zero attached hydrogens (tertiary/aromatic N) is 2. The lowest BCUT2D eigenvalue weighted by Crippen LogP contribution is -2.16. The minimum atomic E-state index is -0.329. The van der Waals surface area contributed by atoms with Crippen molar-refractivity contribution in [3.8, 4) is 12.3 Å². The molecular formula is C20H15ClN2OS. The van der Waals surface area contributed by atoms with Gasteiger partial charge in [0, 0.05) is 11.1 Å². The normalized spacial score (nSPS) is 12.0. The van der Waals surface area contributed by atoms with Gasteiger partial charge in [0.2, 0.25) is 0 Å². The van der Waals surface area contributed by atoms with Crippen LogP contribution >= 0.6 is 22.9 Å². The molecule has 3 nitrogen and oxygen atoms in total. The summed E-state index contributed by atoms with van der Waals surface area (Å²) in [5, 5.41) is 0.665. The Morgan fingerprint density at radius 2 is 2.08 bits per heavy atom. The molecule has 0 N–H and O–H groups in total. The van der Waals surface area contributed by atoms with Gasteiger partial charge in [-0.05, 0) is 36.3 Å². The molecule has 1 heterocycles. The third-order valence-electron chi connectivity index (χ3n) is 3.70. The maximum atomic E-state index is 12.2. The van der Waals surface area contributed by atoms with Gasteiger partial charge in [-0.15, -0.1) is 6.42 Å². The summed E-state index contributed by atoms with van der Waals surface area (Å²) in [6, 6.07) is 13.4. The Morgan fingerprint density at radius 1 is 1.32 bits per heavy atom. The van der Waals surface area contributed by atoms with Gasteiger partial charge >= 0.3 is 0 Å². The lowest BCUT2D eigenvalue weighted by molar-refractivity contribution is -0.113.